The molecule has 1 atom stereocenters. The van der Waals surface area contributed by atoms with Gasteiger partial charge in [0.25, 0.3) is 0 Å². The molecule has 0 amide bonds. The second-order valence-corrected chi connectivity index (χ2v) is 4.24. The highest BCUT2D eigenvalue weighted by Crippen LogP contribution is 2.19. The fourth-order valence-electron chi connectivity index (χ4n) is 1.84. The molecule has 0 spiro atoms. The lowest BCUT2D eigenvalue weighted by Gasteiger charge is -2.06. The molecule has 0 saturated carbocycles. The van der Waals surface area contributed by atoms with Crippen molar-refractivity contribution >= 4 is 0 Å². The van der Waals surface area contributed by atoms with Crippen molar-refractivity contribution < 1.29 is 0 Å². The second kappa shape index (κ2) is 4.95. The van der Waals surface area contributed by atoms with Crippen LogP contribution in [0.15, 0.2) is 54.6 Å². The zero-order valence-electron chi connectivity index (χ0n) is 9.56. The van der Waals surface area contributed by atoms with Crippen molar-refractivity contribution in [3.05, 3.63) is 60.2 Å². The minimum absolute atomic E-state index is 0.225. The Balaban J connectivity index is 2.20. The highest BCUT2D eigenvalue weighted by atomic mass is 14.6. The molecular formula is C15H17N. The largest absolute Gasteiger partial charge is 0.328 e. The predicted molar refractivity (Wildman–Crippen MR) is 69.2 cm³/mol. The molecule has 0 aliphatic carbocycles. The molecule has 2 aromatic carbocycles. The van der Waals surface area contributed by atoms with Crippen molar-refractivity contribution in [3.8, 4) is 11.1 Å². The minimum atomic E-state index is 0.225. The van der Waals surface area contributed by atoms with Crippen LogP contribution in [0.5, 0.6) is 0 Å². The standard InChI is InChI=1S/C15H17N/c1-12(16)11-13-7-9-15(10-8-13)14-5-3-2-4-6-14/h2-10,12H,11,16H2,1H3/t12-/m1/s1. The smallest absolute Gasteiger partial charge is 0.00509 e. The molecular weight excluding hydrogens is 194 g/mol. The van der Waals surface area contributed by atoms with Crippen LogP contribution in [0.25, 0.3) is 11.1 Å². The maximum Gasteiger partial charge on any atom is 0.00509 e. The van der Waals surface area contributed by atoms with E-state index in [2.05, 4.69) is 48.5 Å². The van der Waals surface area contributed by atoms with E-state index in [1.807, 2.05) is 13.0 Å². The van der Waals surface area contributed by atoms with E-state index in [-0.39, 0.29) is 6.04 Å². The molecule has 0 heterocycles. The SMILES string of the molecule is C[C@@H](N)Cc1ccc(-c2ccccc2)cc1. The van der Waals surface area contributed by atoms with Gasteiger partial charge in [-0.3, -0.25) is 0 Å². The molecule has 82 valence electrons. The van der Waals surface area contributed by atoms with Crippen LogP contribution in [-0.2, 0) is 6.42 Å². The summed E-state index contributed by atoms with van der Waals surface area (Å²) >= 11 is 0. The first kappa shape index (κ1) is 10.9. The third kappa shape index (κ3) is 2.71. The van der Waals surface area contributed by atoms with Gasteiger partial charge in [0.15, 0.2) is 0 Å². The summed E-state index contributed by atoms with van der Waals surface area (Å²) in [4.78, 5) is 0. The van der Waals surface area contributed by atoms with Gasteiger partial charge >= 0.3 is 0 Å². The molecule has 0 unspecified atom stereocenters. The first-order valence-corrected chi connectivity index (χ1v) is 5.65. The van der Waals surface area contributed by atoms with Gasteiger partial charge in [0.2, 0.25) is 0 Å². The van der Waals surface area contributed by atoms with Crippen molar-refractivity contribution in [2.45, 2.75) is 19.4 Å². The van der Waals surface area contributed by atoms with Crippen LogP contribution in [0.4, 0.5) is 0 Å². The van der Waals surface area contributed by atoms with Crippen molar-refractivity contribution in [3.63, 3.8) is 0 Å². The lowest BCUT2D eigenvalue weighted by atomic mass is 10.0. The molecule has 0 aliphatic heterocycles. The van der Waals surface area contributed by atoms with Crippen LogP contribution < -0.4 is 5.73 Å². The van der Waals surface area contributed by atoms with Crippen LogP contribution in [-0.4, -0.2) is 6.04 Å². The molecule has 0 aliphatic rings. The first-order valence-electron chi connectivity index (χ1n) is 5.65. The van der Waals surface area contributed by atoms with Gasteiger partial charge in [-0.2, -0.15) is 0 Å². The van der Waals surface area contributed by atoms with E-state index in [9.17, 15) is 0 Å². The quantitative estimate of drug-likeness (QED) is 0.828. The molecule has 0 bridgehead atoms. The summed E-state index contributed by atoms with van der Waals surface area (Å²) in [6, 6.07) is 19.3. The van der Waals surface area contributed by atoms with E-state index < -0.39 is 0 Å². The third-order valence-corrected chi connectivity index (χ3v) is 2.62. The Morgan fingerprint density at radius 3 is 2.00 bits per heavy atom. The third-order valence-electron chi connectivity index (χ3n) is 2.62. The van der Waals surface area contributed by atoms with Crippen LogP contribution in [0.3, 0.4) is 0 Å². The Labute approximate surface area is 96.9 Å². The minimum Gasteiger partial charge on any atom is -0.328 e. The first-order chi connectivity index (χ1) is 7.75. The summed E-state index contributed by atoms with van der Waals surface area (Å²) < 4.78 is 0. The highest BCUT2D eigenvalue weighted by Gasteiger charge is 1.99. The zero-order valence-corrected chi connectivity index (χ0v) is 9.56. The molecule has 2 rings (SSSR count). The molecule has 0 saturated heterocycles. The number of hydrogen-bond acceptors (Lipinski definition) is 1. The summed E-state index contributed by atoms with van der Waals surface area (Å²) in [7, 11) is 0. The molecule has 2 aromatic rings. The van der Waals surface area contributed by atoms with Crippen molar-refractivity contribution in [2.24, 2.45) is 5.73 Å². The maximum absolute atomic E-state index is 5.77. The zero-order chi connectivity index (χ0) is 11.4. The summed E-state index contributed by atoms with van der Waals surface area (Å²) in [5.41, 5.74) is 9.59. The summed E-state index contributed by atoms with van der Waals surface area (Å²) in [5, 5.41) is 0. The van der Waals surface area contributed by atoms with Crippen LogP contribution >= 0.6 is 0 Å². The molecule has 0 fully saturated rings. The molecule has 0 radical (unpaired) electrons. The number of benzene rings is 2. The molecule has 0 aromatic heterocycles. The van der Waals surface area contributed by atoms with Crippen LogP contribution in [0.1, 0.15) is 12.5 Å². The monoisotopic (exact) mass is 211 g/mol. The van der Waals surface area contributed by atoms with Gasteiger partial charge in [-0.25, -0.2) is 0 Å². The van der Waals surface area contributed by atoms with Gasteiger partial charge in [0.05, 0.1) is 0 Å². The van der Waals surface area contributed by atoms with Crippen LogP contribution in [0.2, 0.25) is 0 Å². The molecule has 1 heteroatoms. The predicted octanol–water partition coefficient (Wildman–Crippen LogP) is 3.24. The summed E-state index contributed by atoms with van der Waals surface area (Å²) in [5.74, 6) is 0. The average molecular weight is 211 g/mol. The Kier molecular flexibility index (Phi) is 3.37. The van der Waals surface area contributed by atoms with Gasteiger partial charge in [0.1, 0.15) is 0 Å². The van der Waals surface area contributed by atoms with Gasteiger partial charge in [-0.05, 0) is 30.0 Å². The fraction of sp³-hybridized carbons (Fsp3) is 0.200. The number of hydrogen-bond donors (Lipinski definition) is 1. The Morgan fingerprint density at radius 1 is 0.875 bits per heavy atom. The topological polar surface area (TPSA) is 26.0 Å². The lowest BCUT2D eigenvalue weighted by molar-refractivity contribution is 0.738. The van der Waals surface area contributed by atoms with Crippen molar-refractivity contribution in [1.82, 2.24) is 0 Å². The van der Waals surface area contributed by atoms with E-state index in [4.69, 9.17) is 5.73 Å². The fourth-order valence-corrected chi connectivity index (χ4v) is 1.84. The van der Waals surface area contributed by atoms with E-state index in [0.717, 1.165) is 6.42 Å². The van der Waals surface area contributed by atoms with E-state index >= 15 is 0 Å². The average Bonchev–Trinajstić information content (AvgIpc) is 2.30. The van der Waals surface area contributed by atoms with Gasteiger partial charge in [-0.15, -0.1) is 0 Å². The van der Waals surface area contributed by atoms with Gasteiger partial charge < -0.3 is 5.73 Å². The number of nitrogens with two attached hydrogens (primary N) is 1. The molecule has 16 heavy (non-hydrogen) atoms. The summed E-state index contributed by atoms with van der Waals surface area (Å²) in [6.07, 6.45) is 0.940. The second-order valence-electron chi connectivity index (χ2n) is 4.24. The van der Waals surface area contributed by atoms with E-state index in [0.29, 0.717) is 0 Å². The van der Waals surface area contributed by atoms with E-state index in [1.54, 1.807) is 0 Å². The highest BCUT2D eigenvalue weighted by molar-refractivity contribution is 5.63. The van der Waals surface area contributed by atoms with Crippen molar-refractivity contribution in [1.29, 1.82) is 0 Å². The Morgan fingerprint density at radius 2 is 1.44 bits per heavy atom. The normalized spacial score (nSPS) is 12.4. The lowest BCUT2D eigenvalue weighted by Crippen LogP contribution is -2.17. The van der Waals surface area contributed by atoms with Gasteiger partial charge in [-0.1, -0.05) is 54.6 Å². The van der Waals surface area contributed by atoms with Crippen LogP contribution in [0, 0.1) is 0 Å². The van der Waals surface area contributed by atoms with Gasteiger partial charge in [0, 0.05) is 6.04 Å². The Hall–Kier alpha value is -1.60. The summed E-state index contributed by atoms with van der Waals surface area (Å²) in [6.45, 7) is 2.03. The van der Waals surface area contributed by atoms with E-state index in [1.165, 1.54) is 16.7 Å². The molecule has 1 nitrogen and oxygen atoms in total. The number of rotatable bonds is 3. The van der Waals surface area contributed by atoms with Crippen molar-refractivity contribution in [2.75, 3.05) is 0 Å². The maximum atomic E-state index is 5.77. The Bertz CT molecular complexity index is 429. The molecule has 2 N–H and O–H groups in total.